The fraction of sp³-hybridized carbons (Fsp3) is 0.382. The molecule has 0 unspecified atom stereocenters. The molecule has 0 spiro atoms. The normalized spacial score (nSPS) is 15.4. The van der Waals surface area contributed by atoms with Gasteiger partial charge in [0.2, 0.25) is 0 Å². The van der Waals surface area contributed by atoms with Crippen LogP contribution in [0.3, 0.4) is 0 Å². The highest BCUT2D eigenvalue weighted by atomic mass is 32.1. The minimum absolute atomic E-state index is 0.0328. The second-order valence-corrected chi connectivity index (χ2v) is 12.1. The number of thiophene rings is 1. The van der Waals surface area contributed by atoms with Gasteiger partial charge in [0.05, 0.1) is 13.7 Å². The first kappa shape index (κ1) is 28.4. The second kappa shape index (κ2) is 13.0. The Kier molecular flexibility index (Phi) is 8.81. The number of carbonyl (C=O) groups is 1. The first-order chi connectivity index (χ1) is 20.6. The zero-order valence-electron chi connectivity index (χ0n) is 24.5. The lowest BCUT2D eigenvalue weighted by Gasteiger charge is -2.16. The Morgan fingerprint density at radius 2 is 1.69 bits per heavy atom. The van der Waals surface area contributed by atoms with Gasteiger partial charge in [-0.2, -0.15) is 0 Å². The highest BCUT2D eigenvalue weighted by molar-refractivity contribution is 7.22. The Bertz CT molecular complexity index is 1530. The molecule has 1 N–H and O–H groups in total. The van der Waals surface area contributed by atoms with Crippen molar-refractivity contribution in [3.05, 3.63) is 77.4 Å². The molecule has 3 heterocycles. The molecule has 2 amide bonds. The van der Waals surface area contributed by atoms with Gasteiger partial charge in [0.15, 0.2) is 11.5 Å². The molecule has 7 nitrogen and oxygen atoms in total. The van der Waals surface area contributed by atoms with E-state index >= 15 is 0 Å². The van der Waals surface area contributed by atoms with Crippen molar-refractivity contribution in [1.29, 1.82) is 0 Å². The van der Waals surface area contributed by atoms with E-state index in [0.29, 0.717) is 37.7 Å². The van der Waals surface area contributed by atoms with Crippen molar-refractivity contribution < 1.29 is 19.0 Å². The van der Waals surface area contributed by atoms with Crippen LogP contribution in [0.4, 0.5) is 4.79 Å². The van der Waals surface area contributed by atoms with Gasteiger partial charge in [0, 0.05) is 29.2 Å². The van der Waals surface area contributed by atoms with Crippen molar-refractivity contribution in [3.63, 3.8) is 0 Å². The zero-order chi connectivity index (χ0) is 28.9. The number of carbonyl (C=O) groups excluding carboxylic acids is 1. The molecular formula is C34H39N3O4S. The predicted molar refractivity (Wildman–Crippen MR) is 169 cm³/mol. The number of nitrogens with one attached hydrogen (secondary N) is 1. The van der Waals surface area contributed by atoms with E-state index in [1.54, 1.807) is 12.0 Å². The number of aryl methyl sites for hydroxylation is 1. The maximum Gasteiger partial charge on any atom is 0.317 e. The number of benzene rings is 3. The molecule has 0 radical (unpaired) electrons. The van der Waals surface area contributed by atoms with E-state index in [-0.39, 0.29) is 6.03 Å². The van der Waals surface area contributed by atoms with Gasteiger partial charge in [-0.3, -0.25) is 4.90 Å². The summed E-state index contributed by atoms with van der Waals surface area (Å²) in [4.78, 5) is 17.3. The van der Waals surface area contributed by atoms with Crippen LogP contribution in [0.1, 0.15) is 29.5 Å². The molecule has 1 aromatic heterocycles. The van der Waals surface area contributed by atoms with Gasteiger partial charge in [-0.25, -0.2) is 4.79 Å². The molecule has 0 atom stereocenters. The summed E-state index contributed by atoms with van der Waals surface area (Å²) < 4.78 is 19.1. The number of rotatable bonds is 12. The number of fused-ring (bicyclic) bond motifs is 1. The Labute approximate surface area is 252 Å². The number of nitrogens with zero attached hydrogens (tertiary/aromatic N) is 2. The quantitative estimate of drug-likeness (QED) is 0.210. The van der Waals surface area contributed by atoms with Crippen molar-refractivity contribution in [3.8, 4) is 27.7 Å². The topological polar surface area (TPSA) is 63.3 Å². The van der Waals surface area contributed by atoms with Crippen LogP contribution in [0.25, 0.3) is 20.5 Å². The SMILES string of the molecule is COc1cc(Cc2c(-c3ccc(OCCN4CCCC4)cc3)sc3cc(C)ccc23)ccc1OCCN1CCNC1=O. The highest BCUT2D eigenvalue weighted by Crippen LogP contribution is 2.41. The smallest absolute Gasteiger partial charge is 0.317 e. The van der Waals surface area contributed by atoms with Crippen LogP contribution in [-0.4, -0.2) is 75.4 Å². The first-order valence-corrected chi connectivity index (χ1v) is 15.7. The molecular weight excluding hydrogens is 546 g/mol. The molecule has 0 saturated carbocycles. The Balaban J connectivity index is 1.19. The number of urea groups is 1. The summed E-state index contributed by atoms with van der Waals surface area (Å²) in [5.41, 5.74) is 4.93. The fourth-order valence-electron chi connectivity index (χ4n) is 5.80. The average Bonchev–Trinajstić information content (AvgIpc) is 3.75. The van der Waals surface area contributed by atoms with Crippen molar-refractivity contribution in [2.45, 2.75) is 26.2 Å². The fourth-order valence-corrected chi connectivity index (χ4v) is 7.13. The van der Waals surface area contributed by atoms with Gasteiger partial charge in [-0.1, -0.05) is 18.2 Å². The number of hydrogen-bond acceptors (Lipinski definition) is 6. The monoisotopic (exact) mass is 585 g/mol. The standard InChI is InChI=1S/C34H39N3O4S/c1-24-5-11-28-29(22-25-6-12-30(31(23-25)39-2)41-20-18-37-16-13-35-34(37)38)33(42-32(28)21-24)26-7-9-27(10-8-26)40-19-17-36-14-3-4-15-36/h5-12,21,23H,3-4,13-20,22H2,1-2H3,(H,35,38). The molecule has 4 aromatic rings. The van der Waals surface area contributed by atoms with E-state index in [4.69, 9.17) is 14.2 Å². The van der Waals surface area contributed by atoms with Crippen molar-refractivity contribution in [1.82, 2.24) is 15.1 Å². The second-order valence-electron chi connectivity index (χ2n) is 11.1. The molecule has 2 fully saturated rings. The lowest BCUT2D eigenvalue weighted by molar-refractivity contribution is 0.201. The summed E-state index contributed by atoms with van der Waals surface area (Å²) in [5, 5.41) is 4.11. The van der Waals surface area contributed by atoms with Crippen LogP contribution in [0.5, 0.6) is 17.2 Å². The van der Waals surface area contributed by atoms with Gasteiger partial charge in [-0.05, 0) is 109 Å². The summed E-state index contributed by atoms with van der Waals surface area (Å²) >= 11 is 1.85. The van der Waals surface area contributed by atoms with Crippen molar-refractivity contribution in [2.75, 3.05) is 59.6 Å². The molecule has 220 valence electrons. The molecule has 6 rings (SSSR count). The van der Waals surface area contributed by atoms with Crippen LogP contribution in [0.2, 0.25) is 0 Å². The van der Waals surface area contributed by atoms with Crippen molar-refractivity contribution in [2.24, 2.45) is 0 Å². The van der Waals surface area contributed by atoms with Gasteiger partial charge < -0.3 is 24.4 Å². The van der Waals surface area contributed by atoms with Gasteiger partial charge >= 0.3 is 6.03 Å². The summed E-state index contributed by atoms with van der Waals surface area (Å²) in [6.07, 6.45) is 3.38. The molecule has 8 heteroatoms. The summed E-state index contributed by atoms with van der Waals surface area (Å²) in [6, 6.07) is 21.4. The third-order valence-electron chi connectivity index (χ3n) is 8.11. The van der Waals surface area contributed by atoms with E-state index in [2.05, 4.69) is 71.7 Å². The maximum absolute atomic E-state index is 11.8. The predicted octanol–water partition coefficient (Wildman–Crippen LogP) is 6.35. The minimum Gasteiger partial charge on any atom is -0.493 e. The van der Waals surface area contributed by atoms with E-state index in [1.807, 2.05) is 17.4 Å². The van der Waals surface area contributed by atoms with Gasteiger partial charge in [-0.15, -0.1) is 11.3 Å². The third kappa shape index (κ3) is 6.50. The number of likely N-dealkylation sites (tertiary alicyclic amines) is 1. The molecule has 0 aliphatic carbocycles. The maximum atomic E-state index is 11.8. The van der Waals surface area contributed by atoms with Gasteiger partial charge in [0.1, 0.15) is 19.0 Å². The molecule has 2 aliphatic rings. The molecule has 2 saturated heterocycles. The van der Waals surface area contributed by atoms with Crippen LogP contribution >= 0.6 is 11.3 Å². The van der Waals surface area contributed by atoms with Crippen LogP contribution in [0.15, 0.2) is 60.7 Å². The summed E-state index contributed by atoms with van der Waals surface area (Å²) in [5.74, 6) is 2.31. The number of methoxy groups -OCH3 is 1. The Morgan fingerprint density at radius 3 is 2.45 bits per heavy atom. The van der Waals surface area contributed by atoms with Crippen LogP contribution in [0, 0.1) is 6.92 Å². The Morgan fingerprint density at radius 1 is 0.881 bits per heavy atom. The Hall–Kier alpha value is -3.75. The molecule has 0 bridgehead atoms. The number of amides is 2. The van der Waals surface area contributed by atoms with E-state index < -0.39 is 0 Å². The van der Waals surface area contributed by atoms with E-state index in [1.165, 1.54) is 57.6 Å². The van der Waals surface area contributed by atoms with Crippen LogP contribution < -0.4 is 19.5 Å². The summed E-state index contributed by atoms with van der Waals surface area (Å²) in [7, 11) is 1.67. The molecule has 42 heavy (non-hydrogen) atoms. The molecule has 3 aromatic carbocycles. The first-order valence-electron chi connectivity index (χ1n) is 14.9. The number of hydrogen-bond donors (Lipinski definition) is 1. The summed E-state index contributed by atoms with van der Waals surface area (Å²) in [6.45, 7) is 8.60. The van der Waals surface area contributed by atoms with Crippen molar-refractivity contribution >= 4 is 27.5 Å². The average molecular weight is 586 g/mol. The van der Waals surface area contributed by atoms with E-state index in [0.717, 1.165) is 30.9 Å². The van der Waals surface area contributed by atoms with Crippen LogP contribution in [-0.2, 0) is 6.42 Å². The third-order valence-corrected chi connectivity index (χ3v) is 9.36. The lowest BCUT2D eigenvalue weighted by Crippen LogP contribution is -2.31. The van der Waals surface area contributed by atoms with E-state index in [9.17, 15) is 4.79 Å². The molecule has 2 aliphatic heterocycles. The van der Waals surface area contributed by atoms with Gasteiger partial charge in [0.25, 0.3) is 0 Å². The zero-order valence-corrected chi connectivity index (χ0v) is 25.3. The lowest BCUT2D eigenvalue weighted by atomic mass is 9.98. The highest BCUT2D eigenvalue weighted by Gasteiger charge is 2.20. The largest absolute Gasteiger partial charge is 0.493 e. The number of ether oxygens (including phenoxy) is 3. The minimum atomic E-state index is -0.0328.